The molecule has 3 aliphatic rings. The number of rotatable bonds is 0. The molecule has 0 amide bonds. The van der Waals surface area contributed by atoms with E-state index in [1.165, 1.54) is 27.8 Å². The fourth-order valence-corrected chi connectivity index (χ4v) is 4.52. The quantitative estimate of drug-likeness (QED) is 0.803. The topological polar surface area (TPSA) is 30.5 Å². The Morgan fingerprint density at radius 1 is 1.00 bits per heavy atom. The second-order valence-electron chi connectivity index (χ2n) is 7.56. The lowest BCUT2D eigenvalue weighted by Gasteiger charge is -2.43. The van der Waals surface area contributed by atoms with Gasteiger partial charge in [-0.1, -0.05) is 24.3 Å². The third-order valence-electron chi connectivity index (χ3n) is 5.34. The molecule has 1 atom stereocenters. The average Bonchev–Trinajstić information content (AvgIpc) is 2.81. The van der Waals surface area contributed by atoms with Crippen molar-refractivity contribution in [1.29, 1.82) is 0 Å². The highest BCUT2D eigenvalue weighted by Gasteiger charge is 2.42. The molecular formula is C20H21NO2. The van der Waals surface area contributed by atoms with Crippen molar-refractivity contribution in [3.63, 3.8) is 0 Å². The van der Waals surface area contributed by atoms with Gasteiger partial charge in [-0.3, -0.25) is 0 Å². The molecule has 118 valence electrons. The lowest BCUT2D eigenvalue weighted by molar-refractivity contribution is -0.0429. The summed E-state index contributed by atoms with van der Waals surface area (Å²) in [5, 5.41) is 3.75. The van der Waals surface area contributed by atoms with Gasteiger partial charge in [0.25, 0.3) is 0 Å². The highest BCUT2D eigenvalue weighted by atomic mass is 16.7. The van der Waals surface area contributed by atoms with Gasteiger partial charge in [-0.05, 0) is 48.1 Å². The lowest BCUT2D eigenvalue weighted by Crippen LogP contribution is -2.48. The van der Waals surface area contributed by atoms with E-state index in [0.717, 1.165) is 30.9 Å². The molecule has 3 heteroatoms. The second-order valence-corrected chi connectivity index (χ2v) is 7.56. The molecule has 0 aromatic heterocycles. The number of hydrogen-bond acceptors (Lipinski definition) is 3. The first kappa shape index (κ1) is 13.4. The molecule has 2 heterocycles. The van der Waals surface area contributed by atoms with E-state index in [1.54, 1.807) is 0 Å². The summed E-state index contributed by atoms with van der Waals surface area (Å²) in [5.41, 5.74) is 6.79. The summed E-state index contributed by atoms with van der Waals surface area (Å²) in [6, 6.07) is 10.9. The predicted molar refractivity (Wildman–Crippen MR) is 90.0 cm³/mol. The lowest BCUT2D eigenvalue weighted by atomic mass is 9.70. The molecule has 0 bridgehead atoms. The number of fused-ring (bicyclic) bond motifs is 4. The van der Waals surface area contributed by atoms with Crippen LogP contribution in [0.5, 0.6) is 11.5 Å². The smallest absolute Gasteiger partial charge is 0.246 e. The minimum Gasteiger partial charge on any atom is -0.449 e. The van der Waals surface area contributed by atoms with Crippen LogP contribution in [0, 0.1) is 0 Å². The van der Waals surface area contributed by atoms with Crippen LogP contribution < -0.4 is 14.8 Å². The fraction of sp³-hybridized carbons (Fsp3) is 0.400. The first-order valence-corrected chi connectivity index (χ1v) is 8.39. The zero-order valence-corrected chi connectivity index (χ0v) is 13.8. The molecule has 23 heavy (non-hydrogen) atoms. The molecule has 2 aromatic rings. The minimum absolute atomic E-state index is 0.0143. The van der Waals surface area contributed by atoms with E-state index in [1.807, 2.05) is 13.8 Å². The maximum atomic E-state index is 6.17. The summed E-state index contributed by atoms with van der Waals surface area (Å²) < 4.78 is 12.1. The van der Waals surface area contributed by atoms with Crippen molar-refractivity contribution < 1.29 is 9.47 Å². The number of benzene rings is 2. The Morgan fingerprint density at radius 2 is 1.87 bits per heavy atom. The highest BCUT2D eigenvalue weighted by molar-refractivity contribution is 5.84. The maximum Gasteiger partial charge on any atom is 0.246 e. The summed E-state index contributed by atoms with van der Waals surface area (Å²) in [7, 11) is 0. The van der Waals surface area contributed by atoms with Crippen molar-refractivity contribution in [1.82, 2.24) is 5.32 Å². The van der Waals surface area contributed by atoms with E-state index < -0.39 is 5.79 Å². The Balaban J connectivity index is 1.82. The third kappa shape index (κ3) is 1.74. The van der Waals surface area contributed by atoms with E-state index in [4.69, 9.17) is 9.47 Å². The van der Waals surface area contributed by atoms with Crippen molar-refractivity contribution in [2.45, 2.75) is 44.9 Å². The van der Waals surface area contributed by atoms with Crippen LogP contribution in [-0.2, 0) is 18.4 Å². The fourth-order valence-electron chi connectivity index (χ4n) is 4.52. The molecular weight excluding hydrogens is 286 g/mol. The molecule has 0 unspecified atom stereocenters. The van der Waals surface area contributed by atoms with Crippen LogP contribution in [0.4, 0.5) is 0 Å². The molecule has 1 aliphatic carbocycles. The van der Waals surface area contributed by atoms with E-state index >= 15 is 0 Å². The van der Waals surface area contributed by atoms with Gasteiger partial charge >= 0.3 is 0 Å². The molecule has 0 fully saturated rings. The van der Waals surface area contributed by atoms with Gasteiger partial charge in [0, 0.05) is 31.5 Å². The van der Waals surface area contributed by atoms with Crippen molar-refractivity contribution in [2.75, 3.05) is 6.54 Å². The Bertz CT molecular complexity index is 840. The Hall–Kier alpha value is -2.00. The van der Waals surface area contributed by atoms with E-state index in [0.29, 0.717) is 0 Å². The predicted octanol–water partition coefficient (Wildman–Crippen LogP) is 3.78. The van der Waals surface area contributed by atoms with E-state index in [9.17, 15) is 0 Å². The van der Waals surface area contributed by atoms with Crippen LogP contribution >= 0.6 is 0 Å². The van der Waals surface area contributed by atoms with Gasteiger partial charge in [0.05, 0.1) is 0 Å². The van der Waals surface area contributed by atoms with Gasteiger partial charge in [-0.25, -0.2) is 0 Å². The maximum absolute atomic E-state index is 6.17. The van der Waals surface area contributed by atoms with Gasteiger partial charge in [0.1, 0.15) is 0 Å². The third-order valence-corrected chi connectivity index (χ3v) is 5.34. The van der Waals surface area contributed by atoms with Crippen molar-refractivity contribution in [3.05, 3.63) is 47.0 Å². The van der Waals surface area contributed by atoms with Crippen LogP contribution in [0.15, 0.2) is 30.3 Å². The zero-order valence-electron chi connectivity index (χ0n) is 13.8. The first-order chi connectivity index (χ1) is 11.0. The van der Waals surface area contributed by atoms with Gasteiger partial charge in [0.15, 0.2) is 11.5 Å². The monoisotopic (exact) mass is 307 g/mol. The van der Waals surface area contributed by atoms with Gasteiger partial charge in [-0.2, -0.15) is 0 Å². The van der Waals surface area contributed by atoms with E-state index in [-0.39, 0.29) is 5.54 Å². The number of nitrogens with one attached hydrogen (secondary N) is 1. The van der Waals surface area contributed by atoms with Crippen molar-refractivity contribution in [2.24, 2.45) is 0 Å². The highest BCUT2D eigenvalue weighted by Crippen LogP contribution is 2.54. The van der Waals surface area contributed by atoms with Gasteiger partial charge < -0.3 is 14.8 Å². The number of ether oxygens (including phenoxy) is 2. The molecule has 2 aromatic carbocycles. The van der Waals surface area contributed by atoms with Crippen LogP contribution in [0.1, 0.15) is 37.5 Å². The Labute approximate surface area is 136 Å². The second kappa shape index (κ2) is 4.09. The van der Waals surface area contributed by atoms with Crippen LogP contribution in [-0.4, -0.2) is 12.3 Å². The van der Waals surface area contributed by atoms with Gasteiger partial charge in [0.2, 0.25) is 5.79 Å². The number of hydrogen-bond donors (Lipinski definition) is 1. The zero-order chi connectivity index (χ0) is 15.8. The van der Waals surface area contributed by atoms with Gasteiger partial charge in [-0.15, -0.1) is 0 Å². The standard InChI is InChI=1S/C20H21NO2/c1-19(2)22-15-8-7-13-11-20(3)17-12(9-10-21-20)5-4-6-14(17)16(13)18(15)23-19/h4-8,21H,9-11H2,1-3H3/t20-/m1/s1. The molecule has 0 spiro atoms. The van der Waals surface area contributed by atoms with Crippen molar-refractivity contribution >= 4 is 0 Å². The molecule has 5 rings (SSSR count). The largest absolute Gasteiger partial charge is 0.449 e. The average molecular weight is 307 g/mol. The van der Waals surface area contributed by atoms with Crippen molar-refractivity contribution in [3.8, 4) is 22.6 Å². The van der Waals surface area contributed by atoms with Crippen LogP contribution in [0.25, 0.3) is 11.1 Å². The first-order valence-electron chi connectivity index (χ1n) is 8.39. The minimum atomic E-state index is -0.592. The van der Waals surface area contributed by atoms with Crippen LogP contribution in [0.2, 0.25) is 0 Å². The molecule has 1 N–H and O–H groups in total. The molecule has 2 aliphatic heterocycles. The normalized spacial score (nSPS) is 25.7. The summed E-state index contributed by atoms with van der Waals surface area (Å²) >= 11 is 0. The summed E-state index contributed by atoms with van der Waals surface area (Å²) in [4.78, 5) is 0. The molecule has 3 nitrogen and oxygen atoms in total. The molecule has 0 saturated heterocycles. The Kier molecular flexibility index (Phi) is 2.39. The van der Waals surface area contributed by atoms with Crippen LogP contribution in [0.3, 0.4) is 0 Å². The molecule has 0 saturated carbocycles. The summed E-state index contributed by atoms with van der Waals surface area (Å²) in [5.74, 6) is 1.18. The molecule has 0 radical (unpaired) electrons. The van der Waals surface area contributed by atoms with E-state index in [2.05, 4.69) is 42.6 Å². The Morgan fingerprint density at radius 3 is 2.74 bits per heavy atom. The SMILES string of the molecule is CC1(C)Oc2ccc3c(c2O1)-c1cccc2c1[C@@](C)(C3)NCC2. The summed E-state index contributed by atoms with van der Waals surface area (Å²) in [6.45, 7) is 7.30. The summed E-state index contributed by atoms with van der Waals surface area (Å²) in [6.07, 6.45) is 2.08.